The highest BCUT2D eigenvalue weighted by molar-refractivity contribution is 7.95. The largest absolute Gasteiger partial charge is 1.00 e. The van der Waals surface area contributed by atoms with Crippen LogP contribution >= 0.6 is 7.26 Å². The van der Waals surface area contributed by atoms with Gasteiger partial charge in [-0.15, -0.1) is 0 Å². The van der Waals surface area contributed by atoms with Gasteiger partial charge in [-0.25, -0.2) is 4.79 Å². The van der Waals surface area contributed by atoms with E-state index >= 15 is 0 Å². The molecule has 0 aliphatic carbocycles. The highest BCUT2D eigenvalue weighted by Crippen LogP contribution is 2.51. The Morgan fingerprint density at radius 1 is 0.706 bits per heavy atom. The molecule has 0 aromatic heterocycles. The molecular formula is C29H37INO2P. The van der Waals surface area contributed by atoms with Crippen LogP contribution in [0, 0.1) is 0 Å². The molecular weight excluding hydrogens is 552 g/mol. The SMILES string of the molecule is CC(C)(C)OC(=O)N1CCCCC1.C[P+](c1ccccc1)(c1ccccc1)c1ccccc1.[I-]. The summed E-state index contributed by atoms with van der Waals surface area (Å²) in [7, 11) is -1.53. The van der Waals surface area contributed by atoms with Gasteiger partial charge in [0.2, 0.25) is 0 Å². The van der Waals surface area contributed by atoms with E-state index < -0.39 is 7.26 Å². The zero-order chi connectivity index (χ0) is 23.7. The van der Waals surface area contributed by atoms with Gasteiger partial charge >= 0.3 is 6.09 Å². The molecule has 182 valence electrons. The normalized spacial score (nSPS) is 13.7. The van der Waals surface area contributed by atoms with Crippen LogP contribution in [-0.4, -0.2) is 36.3 Å². The molecule has 34 heavy (non-hydrogen) atoms. The van der Waals surface area contributed by atoms with E-state index in [1.165, 1.54) is 22.3 Å². The molecule has 1 amide bonds. The molecule has 0 unspecified atom stereocenters. The number of ether oxygens (including phenoxy) is 1. The van der Waals surface area contributed by atoms with Gasteiger partial charge in [-0.1, -0.05) is 54.6 Å². The summed E-state index contributed by atoms with van der Waals surface area (Å²) in [6.07, 6.45) is 3.30. The Labute approximate surface area is 223 Å². The fraction of sp³-hybridized carbons (Fsp3) is 0.345. The summed E-state index contributed by atoms with van der Waals surface area (Å²) in [4.78, 5) is 13.3. The van der Waals surface area contributed by atoms with Crippen molar-refractivity contribution < 1.29 is 33.5 Å². The Bertz CT molecular complexity index is 888. The summed E-state index contributed by atoms with van der Waals surface area (Å²) >= 11 is 0. The van der Waals surface area contributed by atoms with Crippen LogP contribution in [0.1, 0.15) is 40.0 Å². The highest BCUT2D eigenvalue weighted by atomic mass is 127. The molecule has 3 aromatic carbocycles. The number of likely N-dealkylation sites (tertiary alicyclic amines) is 1. The van der Waals surface area contributed by atoms with E-state index in [9.17, 15) is 4.79 Å². The van der Waals surface area contributed by atoms with Crippen molar-refractivity contribution >= 4 is 29.3 Å². The van der Waals surface area contributed by atoms with E-state index in [0.717, 1.165) is 25.9 Å². The quantitative estimate of drug-likeness (QED) is 0.348. The van der Waals surface area contributed by atoms with Crippen LogP contribution in [0.15, 0.2) is 91.0 Å². The molecule has 3 nitrogen and oxygen atoms in total. The zero-order valence-electron chi connectivity index (χ0n) is 20.8. The number of benzene rings is 3. The Morgan fingerprint density at radius 2 is 1.06 bits per heavy atom. The minimum Gasteiger partial charge on any atom is -1.00 e. The predicted octanol–water partition coefficient (Wildman–Crippen LogP) is 3.02. The summed E-state index contributed by atoms with van der Waals surface area (Å²) in [5.74, 6) is 0. The number of amides is 1. The van der Waals surface area contributed by atoms with Crippen LogP contribution in [0.4, 0.5) is 4.79 Å². The molecule has 0 atom stereocenters. The van der Waals surface area contributed by atoms with Gasteiger partial charge in [-0.2, -0.15) is 0 Å². The van der Waals surface area contributed by atoms with Crippen LogP contribution in [0.3, 0.4) is 0 Å². The maximum absolute atomic E-state index is 11.5. The monoisotopic (exact) mass is 589 g/mol. The average Bonchev–Trinajstić information content (AvgIpc) is 2.85. The number of carbonyl (C=O) groups is 1. The first-order valence-corrected chi connectivity index (χ1v) is 14.1. The molecule has 4 rings (SSSR count). The van der Waals surface area contributed by atoms with Crippen LogP contribution in [-0.2, 0) is 4.74 Å². The molecule has 0 N–H and O–H groups in total. The molecule has 5 heteroatoms. The fourth-order valence-corrected chi connectivity index (χ4v) is 7.23. The molecule has 0 radical (unpaired) electrons. The van der Waals surface area contributed by atoms with Gasteiger partial charge in [-0.3, -0.25) is 0 Å². The van der Waals surface area contributed by atoms with Crippen molar-refractivity contribution in [3.8, 4) is 0 Å². The first-order valence-electron chi connectivity index (χ1n) is 11.8. The molecule has 1 saturated heterocycles. The topological polar surface area (TPSA) is 29.5 Å². The highest BCUT2D eigenvalue weighted by Gasteiger charge is 2.39. The Morgan fingerprint density at radius 3 is 1.38 bits per heavy atom. The number of hydrogen-bond donors (Lipinski definition) is 0. The van der Waals surface area contributed by atoms with Crippen molar-refractivity contribution in [2.45, 2.75) is 45.6 Å². The summed E-state index contributed by atoms with van der Waals surface area (Å²) in [5.41, 5.74) is -0.367. The molecule has 3 aromatic rings. The first-order chi connectivity index (χ1) is 15.8. The van der Waals surface area contributed by atoms with Crippen LogP contribution in [0.5, 0.6) is 0 Å². The molecule has 1 heterocycles. The van der Waals surface area contributed by atoms with Gasteiger partial charge in [0.05, 0.1) is 6.66 Å². The van der Waals surface area contributed by atoms with E-state index in [1.807, 2.05) is 20.8 Å². The maximum Gasteiger partial charge on any atom is 0.410 e. The van der Waals surface area contributed by atoms with Crippen LogP contribution in [0.2, 0.25) is 0 Å². The summed E-state index contributed by atoms with van der Waals surface area (Å²) in [6.45, 7) is 9.81. The van der Waals surface area contributed by atoms with E-state index in [1.54, 1.807) is 4.90 Å². The fourth-order valence-electron chi connectivity index (χ4n) is 4.03. The number of piperidine rings is 1. The van der Waals surface area contributed by atoms with Gasteiger partial charge in [-0.05, 0) is 76.4 Å². The zero-order valence-corrected chi connectivity index (χ0v) is 23.8. The summed E-state index contributed by atoms with van der Waals surface area (Å²) in [5, 5.41) is 4.28. The lowest BCUT2D eigenvalue weighted by Crippen LogP contribution is -3.00. The number of hydrogen-bond acceptors (Lipinski definition) is 2. The van der Waals surface area contributed by atoms with Gasteiger partial charge in [0.1, 0.15) is 28.8 Å². The molecule has 0 bridgehead atoms. The van der Waals surface area contributed by atoms with Crippen molar-refractivity contribution in [2.75, 3.05) is 19.8 Å². The van der Waals surface area contributed by atoms with Crippen LogP contribution < -0.4 is 39.9 Å². The minimum atomic E-state index is -1.53. The van der Waals surface area contributed by atoms with E-state index in [4.69, 9.17) is 4.74 Å². The predicted molar refractivity (Wildman–Crippen MR) is 143 cm³/mol. The first kappa shape index (κ1) is 28.3. The molecule has 1 aliphatic heterocycles. The van der Waals surface area contributed by atoms with Crippen molar-refractivity contribution in [3.63, 3.8) is 0 Å². The standard InChI is InChI=1S/C19H18P.C10H19NO2.HI/c1-20(17-11-5-2-6-12-17,18-13-7-3-8-14-18)19-15-9-4-10-16-19;1-10(2,3)13-9(12)11-7-5-4-6-8-11;/h2-16H,1H3;4-8H2,1-3H3;1H/q+1;;/p-1. The smallest absolute Gasteiger partial charge is 0.410 e. The second-order valence-corrected chi connectivity index (χ2v) is 13.1. The van der Waals surface area contributed by atoms with Gasteiger partial charge in [0.25, 0.3) is 0 Å². The third kappa shape index (κ3) is 7.81. The van der Waals surface area contributed by atoms with Crippen molar-refractivity contribution in [3.05, 3.63) is 91.0 Å². The van der Waals surface area contributed by atoms with E-state index in [0.29, 0.717) is 0 Å². The van der Waals surface area contributed by atoms with Gasteiger partial charge in [0.15, 0.2) is 0 Å². The van der Waals surface area contributed by atoms with E-state index in [2.05, 4.69) is 97.7 Å². The third-order valence-electron chi connectivity index (χ3n) is 5.83. The second-order valence-electron chi connectivity index (χ2n) is 9.54. The summed E-state index contributed by atoms with van der Waals surface area (Å²) < 4.78 is 5.26. The number of halogens is 1. The van der Waals surface area contributed by atoms with Crippen molar-refractivity contribution in [1.29, 1.82) is 0 Å². The van der Waals surface area contributed by atoms with Crippen molar-refractivity contribution in [1.82, 2.24) is 4.90 Å². The average molecular weight is 589 g/mol. The van der Waals surface area contributed by atoms with Crippen molar-refractivity contribution in [2.24, 2.45) is 0 Å². The molecule has 0 saturated carbocycles. The summed E-state index contributed by atoms with van der Waals surface area (Å²) in [6, 6.07) is 32.6. The van der Waals surface area contributed by atoms with Gasteiger partial charge < -0.3 is 33.6 Å². The number of carbonyl (C=O) groups excluding carboxylic acids is 1. The lowest BCUT2D eigenvalue weighted by atomic mass is 10.1. The number of rotatable bonds is 3. The molecule has 1 fully saturated rings. The Hall–Kier alpha value is -1.91. The Kier molecular flexibility index (Phi) is 11.0. The van der Waals surface area contributed by atoms with Gasteiger partial charge in [0, 0.05) is 13.1 Å². The van der Waals surface area contributed by atoms with E-state index in [-0.39, 0.29) is 35.7 Å². The maximum atomic E-state index is 11.5. The number of nitrogens with zero attached hydrogens (tertiary/aromatic N) is 1. The molecule has 1 aliphatic rings. The molecule has 0 spiro atoms. The van der Waals surface area contributed by atoms with Crippen LogP contribution in [0.25, 0.3) is 0 Å². The minimum absolute atomic E-state index is 0. The third-order valence-corrected chi connectivity index (χ3v) is 9.82. The lowest BCUT2D eigenvalue weighted by Gasteiger charge is -2.29. The lowest BCUT2D eigenvalue weighted by molar-refractivity contribution is -0.0000543. The second kappa shape index (κ2) is 13.3. The Balaban J connectivity index is 0.000000256.